The molecule has 0 spiro atoms. The Bertz CT molecular complexity index is 1980. The number of benzene rings is 4. The number of aromatic amines is 2. The molecule has 0 atom stereocenters. The fourth-order valence-corrected chi connectivity index (χ4v) is 5.15. The van der Waals surface area contributed by atoms with Crippen molar-refractivity contribution in [2.75, 3.05) is 0 Å². The topological polar surface area (TPSA) is 70.2 Å². The van der Waals surface area contributed by atoms with Crippen molar-refractivity contribution in [3.05, 3.63) is 140 Å². The van der Waals surface area contributed by atoms with E-state index in [0.29, 0.717) is 0 Å². The fourth-order valence-electron chi connectivity index (χ4n) is 5.15. The smallest absolute Gasteiger partial charge is 0.138 e. The van der Waals surface area contributed by atoms with Gasteiger partial charge in [-0.2, -0.15) is 0 Å². The van der Waals surface area contributed by atoms with E-state index < -0.39 is 0 Å². The number of fused-ring (bicyclic) bond motifs is 9. The second-order valence-electron chi connectivity index (χ2n) is 9.50. The zero-order valence-electron chi connectivity index (χ0n) is 21.6. The van der Waals surface area contributed by atoms with Crippen LogP contribution in [-0.4, -0.2) is 24.9 Å². The van der Waals surface area contributed by atoms with Gasteiger partial charge in [-0.1, -0.05) is 78.9 Å². The average molecular weight is 516 g/mol. The summed E-state index contributed by atoms with van der Waals surface area (Å²) in [4.78, 5) is 19.6. The summed E-state index contributed by atoms with van der Waals surface area (Å²) in [6.07, 6.45) is 5.55. The van der Waals surface area contributed by atoms with Crippen LogP contribution in [0.3, 0.4) is 0 Å². The molecule has 5 heteroatoms. The number of para-hydroxylation sites is 3. The van der Waals surface area contributed by atoms with E-state index in [4.69, 9.17) is 0 Å². The van der Waals surface area contributed by atoms with Crippen molar-refractivity contribution in [2.24, 2.45) is 0 Å². The largest absolute Gasteiger partial charge is 0.353 e. The zero-order valence-corrected chi connectivity index (χ0v) is 21.6. The van der Waals surface area contributed by atoms with Crippen molar-refractivity contribution in [3.8, 4) is 0 Å². The highest BCUT2D eigenvalue weighted by Crippen LogP contribution is 2.24. The van der Waals surface area contributed by atoms with Crippen LogP contribution in [0.1, 0.15) is 0 Å². The third-order valence-electron chi connectivity index (χ3n) is 7.03. The molecule has 0 fully saturated rings. The van der Waals surface area contributed by atoms with Gasteiger partial charge in [0.05, 0.1) is 16.6 Å². The van der Waals surface area contributed by atoms with E-state index in [0.717, 1.165) is 33.2 Å². The number of H-pyrrole nitrogens is 2. The van der Waals surface area contributed by atoms with Gasteiger partial charge in [-0.05, 0) is 47.9 Å². The van der Waals surface area contributed by atoms with E-state index >= 15 is 0 Å². The number of hydrogen-bond acceptors (Lipinski definition) is 3. The Kier molecular flexibility index (Phi) is 6.07. The van der Waals surface area contributed by atoms with Crippen LogP contribution in [0.2, 0.25) is 0 Å². The normalized spacial score (nSPS) is 11.0. The zero-order chi connectivity index (χ0) is 26.7. The minimum Gasteiger partial charge on any atom is -0.353 e. The number of rotatable bonds is 0. The summed E-state index contributed by atoms with van der Waals surface area (Å²) in [7, 11) is 0. The first-order valence-corrected chi connectivity index (χ1v) is 13.2. The first-order valence-electron chi connectivity index (χ1n) is 13.2. The maximum atomic E-state index is 4.41. The Morgan fingerprint density at radius 3 is 1.88 bits per heavy atom. The number of nitrogens with one attached hydrogen (secondary N) is 2. The lowest BCUT2D eigenvalue weighted by molar-refractivity contribution is 1.35. The van der Waals surface area contributed by atoms with E-state index in [1.807, 2.05) is 73.1 Å². The van der Waals surface area contributed by atoms with Crippen LogP contribution < -0.4 is 0 Å². The highest BCUT2D eigenvalue weighted by Gasteiger charge is 2.03. The van der Waals surface area contributed by atoms with Gasteiger partial charge in [0.15, 0.2) is 0 Å². The van der Waals surface area contributed by atoms with Gasteiger partial charge in [-0.15, -0.1) is 0 Å². The van der Waals surface area contributed by atoms with Gasteiger partial charge in [0.1, 0.15) is 5.65 Å². The van der Waals surface area contributed by atoms with Crippen LogP contribution in [0, 0.1) is 0 Å². The molecular weight excluding hydrogens is 490 g/mol. The molecule has 0 unspecified atom stereocenters. The van der Waals surface area contributed by atoms with Crippen molar-refractivity contribution in [2.45, 2.75) is 0 Å². The Morgan fingerprint density at radius 1 is 0.400 bits per heavy atom. The molecule has 5 nitrogen and oxygen atoms in total. The van der Waals surface area contributed by atoms with Gasteiger partial charge >= 0.3 is 0 Å². The molecule has 0 aliphatic carbocycles. The molecular formula is C35H25N5. The standard InChI is InChI=1S/C13H9N.2C11H8N2/c1-2-6-11-10(5-1)9-14-13-8-4-3-7-12(11)13;1-2-6-10-8(4-1)9-5-3-7-12-11(9)13-10;1-2-5-9-8(4-1)11-10(13-9)6-3-7-12-11/h1-9H;1-7H,(H,12,13);1-7,13H. The highest BCUT2D eigenvalue weighted by atomic mass is 14.8. The number of nitrogens with zero attached hydrogens (tertiary/aromatic N) is 3. The quantitative estimate of drug-likeness (QED) is 0.198. The molecule has 40 heavy (non-hydrogen) atoms. The summed E-state index contributed by atoms with van der Waals surface area (Å²) in [6, 6.07) is 41.0. The van der Waals surface area contributed by atoms with Gasteiger partial charge in [0.25, 0.3) is 0 Å². The molecule has 0 aliphatic rings. The van der Waals surface area contributed by atoms with Crippen molar-refractivity contribution in [1.29, 1.82) is 0 Å². The maximum absolute atomic E-state index is 4.41. The molecule has 4 aromatic carbocycles. The first kappa shape index (κ1) is 23.6. The molecule has 0 amide bonds. The molecule has 0 saturated carbocycles. The fraction of sp³-hybridized carbons (Fsp3) is 0. The lowest BCUT2D eigenvalue weighted by Gasteiger charge is -2.01. The summed E-state index contributed by atoms with van der Waals surface area (Å²) in [5, 5.41) is 7.33. The summed E-state index contributed by atoms with van der Waals surface area (Å²) < 4.78 is 0. The van der Waals surface area contributed by atoms with Gasteiger partial charge in [0, 0.05) is 56.6 Å². The minimum absolute atomic E-state index is 0.962. The third kappa shape index (κ3) is 4.40. The summed E-state index contributed by atoms with van der Waals surface area (Å²) in [6.45, 7) is 0. The average Bonchev–Trinajstić information content (AvgIpc) is 3.60. The molecule has 0 bridgehead atoms. The molecule has 9 rings (SSSR count). The third-order valence-corrected chi connectivity index (χ3v) is 7.03. The van der Waals surface area contributed by atoms with E-state index in [1.54, 1.807) is 6.20 Å². The summed E-state index contributed by atoms with van der Waals surface area (Å²) in [5.41, 5.74) is 6.48. The Balaban J connectivity index is 0.0000000993. The first-order chi connectivity index (χ1) is 19.8. The van der Waals surface area contributed by atoms with Gasteiger partial charge in [-0.3, -0.25) is 9.97 Å². The maximum Gasteiger partial charge on any atom is 0.138 e. The Labute approximate surface area is 230 Å². The SMILES string of the molecule is c1ccc2c(c1)[nH]c1cccnc12.c1ccc2c(c1)[nH]c1ncccc12.c1ccc2c(c1)cnc1ccccc12. The van der Waals surface area contributed by atoms with Crippen molar-refractivity contribution >= 4 is 65.5 Å². The summed E-state index contributed by atoms with van der Waals surface area (Å²) >= 11 is 0. The van der Waals surface area contributed by atoms with Crippen LogP contribution in [-0.2, 0) is 0 Å². The van der Waals surface area contributed by atoms with Crippen LogP contribution in [0.4, 0.5) is 0 Å². The Hall–Kier alpha value is -5.55. The predicted octanol–water partition coefficient (Wildman–Crippen LogP) is 8.82. The lowest BCUT2D eigenvalue weighted by atomic mass is 10.1. The van der Waals surface area contributed by atoms with Crippen LogP contribution in [0.25, 0.3) is 65.5 Å². The van der Waals surface area contributed by atoms with E-state index in [2.05, 4.69) is 85.6 Å². The van der Waals surface area contributed by atoms with Crippen molar-refractivity contribution in [3.63, 3.8) is 0 Å². The monoisotopic (exact) mass is 515 g/mol. The summed E-state index contributed by atoms with van der Waals surface area (Å²) in [5.74, 6) is 0. The van der Waals surface area contributed by atoms with Crippen LogP contribution in [0.5, 0.6) is 0 Å². The van der Waals surface area contributed by atoms with Crippen LogP contribution >= 0.6 is 0 Å². The molecule has 0 aliphatic heterocycles. The molecule has 0 radical (unpaired) electrons. The predicted molar refractivity (Wildman–Crippen MR) is 166 cm³/mol. The van der Waals surface area contributed by atoms with Gasteiger partial charge in [0.2, 0.25) is 0 Å². The highest BCUT2D eigenvalue weighted by molar-refractivity contribution is 6.06. The van der Waals surface area contributed by atoms with Crippen molar-refractivity contribution in [1.82, 2.24) is 24.9 Å². The molecule has 2 N–H and O–H groups in total. The second kappa shape index (κ2) is 10.3. The number of aromatic nitrogens is 5. The molecule has 5 aromatic heterocycles. The van der Waals surface area contributed by atoms with Crippen molar-refractivity contribution < 1.29 is 0 Å². The molecule has 9 aromatic rings. The van der Waals surface area contributed by atoms with Gasteiger partial charge in [-0.25, -0.2) is 4.98 Å². The lowest BCUT2D eigenvalue weighted by Crippen LogP contribution is -1.80. The molecule has 5 heterocycles. The molecule has 0 saturated heterocycles. The van der Waals surface area contributed by atoms with E-state index in [-0.39, 0.29) is 0 Å². The van der Waals surface area contributed by atoms with E-state index in [1.165, 1.54) is 32.3 Å². The number of pyridine rings is 3. The van der Waals surface area contributed by atoms with E-state index in [9.17, 15) is 0 Å². The Morgan fingerprint density at radius 2 is 1.00 bits per heavy atom. The second-order valence-corrected chi connectivity index (χ2v) is 9.50. The van der Waals surface area contributed by atoms with Crippen LogP contribution in [0.15, 0.2) is 140 Å². The number of hydrogen-bond donors (Lipinski definition) is 2. The minimum atomic E-state index is 0.962. The molecule has 190 valence electrons. The van der Waals surface area contributed by atoms with Gasteiger partial charge < -0.3 is 9.97 Å².